The zero-order valence-electron chi connectivity index (χ0n) is 13.9. The van der Waals surface area contributed by atoms with Gasteiger partial charge < -0.3 is 9.64 Å². The van der Waals surface area contributed by atoms with E-state index in [-0.39, 0.29) is 0 Å². The van der Waals surface area contributed by atoms with Gasteiger partial charge in [0.05, 0.1) is 12.0 Å². The normalized spacial score (nSPS) is 16.4. The smallest absolute Gasteiger partial charge is 0.243 e. The Morgan fingerprint density at radius 2 is 1.82 bits per heavy atom. The predicted molar refractivity (Wildman–Crippen MR) is 88.0 cm³/mol. The van der Waals surface area contributed by atoms with Crippen molar-refractivity contribution in [1.29, 1.82) is 0 Å². The van der Waals surface area contributed by atoms with Crippen LogP contribution in [0.5, 0.6) is 5.75 Å². The first-order valence-corrected chi connectivity index (χ1v) is 9.14. The SMILES string of the molecule is COc1cc(C)c(S(=O)(=O)N(C)CCN2CCCC2)cc1C. The van der Waals surface area contributed by atoms with Gasteiger partial charge in [0.15, 0.2) is 0 Å². The lowest BCUT2D eigenvalue weighted by molar-refractivity contribution is 0.310. The second-order valence-electron chi connectivity index (χ2n) is 5.96. The van der Waals surface area contributed by atoms with E-state index >= 15 is 0 Å². The molecule has 1 fully saturated rings. The lowest BCUT2D eigenvalue weighted by Crippen LogP contribution is -2.35. The Morgan fingerprint density at radius 1 is 1.18 bits per heavy atom. The molecule has 0 aromatic heterocycles. The third-order valence-corrected chi connectivity index (χ3v) is 6.31. The maximum Gasteiger partial charge on any atom is 0.243 e. The molecule has 0 unspecified atom stereocenters. The van der Waals surface area contributed by atoms with Crippen molar-refractivity contribution in [2.75, 3.05) is 40.3 Å². The molecule has 124 valence electrons. The van der Waals surface area contributed by atoms with E-state index in [9.17, 15) is 8.42 Å². The molecule has 0 aliphatic carbocycles. The number of rotatable bonds is 6. The minimum Gasteiger partial charge on any atom is -0.496 e. The van der Waals surface area contributed by atoms with Gasteiger partial charge in [-0.1, -0.05) is 0 Å². The van der Waals surface area contributed by atoms with Crippen molar-refractivity contribution >= 4 is 10.0 Å². The Kier molecular flexibility index (Phi) is 5.47. The molecule has 0 N–H and O–H groups in total. The number of hydrogen-bond acceptors (Lipinski definition) is 4. The van der Waals surface area contributed by atoms with Gasteiger partial charge in [0, 0.05) is 20.1 Å². The number of nitrogens with zero attached hydrogens (tertiary/aromatic N) is 2. The maximum atomic E-state index is 12.8. The van der Waals surface area contributed by atoms with Crippen LogP contribution in [0.3, 0.4) is 0 Å². The number of ether oxygens (including phenoxy) is 1. The van der Waals surface area contributed by atoms with Crippen LogP contribution in [-0.2, 0) is 10.0 Å². The highest BCUT2D eigenvalue weighted by Gasteiger charge is 2.24. The summed E-state index contributed by atoms with van der Waals surface area (Å²) in [4.78, 5) is 2.69. The lowest BCUT2D eigenvalue weighted by Gasteiger charge is -2.22. The molecule has 2 rings (SSSR count). The highest BCUT2D eigenvalue weighted by molar-refractivity contribution is 7.89. The summed E-state index contributed by atoms with van der Waals surface area (Å²) in [6, 6.07) is 3.49. The van der Waals surface area contributed by atoms with E-state index in [1.807, 2.05) is 13.8 Å². The molecule has 0 saturated carbocycles. The molecule has 0 atom stereocenters. The molecule has 1 heterocycles. The first-order chi connectivity index (χ1) is 10.4. The minimum absolute atomic E-state index is 0.370. The van der Waals surface area contributed by atoms with Crippen molar-refractivity contribution in [3.05, 3.63) is 23.3 Å². The molecular formula is C16H26N2O3S. The number of hydrogen-bond donors (Lipinski definition) is 0. The fourth-order valence-corrected chi connectivity index (χ4v) is 4.29. The molecule has 5 nitrogen and oxygen atoms in total. The lowest BCUT2D eigenvalue weighted by atomic mass is 10.1. The molecule has 1 aliphatic heterocycles. The number of sulfonamides is 1. The average molecular weight is 326 g/mol. The predicted octanol–water partition coefficient (Wildman–Crippen LogP) is 2.03. The van der Waals surface area contributed by atoms with Crippen molar-refractivity contribution in [2.45, 2.75) is 31.6 Å². The van der Waals surface area contributed by atoms with Gasteiger partial charge in [0.2, 0.25) is 10.0 Å². The second-order valence-corrected chi connectivity index (χ2v) is 7.98. The van der Waals surface area contributed by atoms with Crippen LogP contribution in [0.15, 0.2) is 17.0 Å². The molecule has 0 spiro atoms. The highest BCUT2D eigenvalue weighted by Crippen LogP contribution is 2.27. The van der Waals surface area contributed by atoms with Crippen molar-refractivity contribution in [3.63, 3.8) is 0 Å². The van der Waals surface area contributed by atoms with Crippen LogP contribution in [0.25, 0.3) is 0 Å². The van der Waals surface area contributed by atoms with Gasteiger partial charge in [0.1, 0.15) is 5.75 Å². The van der Waals surface area contributed by atoms with Crippen LogP contribution in [0.1, 0.15) is 24.0 Å². The summed E-state index contributed by atoms with van der Waals surface area (Å²) in [5.41, 5.74) is 1.55. The summed E-state index contributed by atoms with van der Waals surface area (Å²) in [5.74, 6) is 0.719. The number of likely N-dealkylation sites (N-methyl/N-ethyl adjacent to an activating group) is 1. The Labute approximate surface area is 133 Å². The van der Waals surface area contributed by atoms with Crippen molar-refractivity contribution in [1.82, 2.24) is 9.21 Å². The molecule has 1 aromatic carbocycles. The van der Waals surface area contributed by atoms with E-state index in [1.165, 1.54) is 17.1 Å². The first kappa shape index (κ1) is 17.2. The number of likely N-dealkylation sites (tertiary alicyclic amines) is 1. The maximum absolute atomic E-state index is 12.8. The zero-order chi connectivity index (χ0) is 16.3. The summed E-state index contributed by atoms with van der Waals surface area (Å²) < 4.78 is 32.3. The fourth-order valence-electron chi connectivity index (χ4n) is 2.84. The summed E-state index contributed by atoms with van der Waals surface area (Å²) in [6.45, 7) is 7.14. The molecule has 0 amide bonds. The van der Waals surface area contributed by atoms with Crippen LogP contribution < -0.4 is 4.74 Å². The minimum atomic E-state index is -3.46. The van der Waals surface area contributed by atoms with Gasteiger partial charge in [0.25, 0.3) is 0 Å². The molecular weight excluding hydrogens is 300 g/mol. The third-order valence-electron chi connectivity index (χ3n) is 4.31. The van der Waals surface area contributed by atoms with Gasteiger partial charge in [-0.05, 0) is 63.0 Å². The summed E-state index contributed by atoms with van der Waals surface area (Å²) in [6.07, 6.45) is 2.43. The van der Waals surface area contributed by atoms with Gasteiger partial charge in [-0.25, -0.2) is 8.42 Å². The fraction of sp³-hybridized carbons (Fsp3) is 0.625. The summed E-state index contributed by atoms with van der Waals surface area (Å²) >= 11 is 0. The van der Waals surface area contributed by atoms with E-state index in [2.05, 4.69) is 4.90 Å². The molecule has 0 radical (unpaired) electrons. The van der Waals surface area contributed by atoms with Gasteiger partial charge in [-0.15, -0.1) is 0 Å². The van der Waals surface area contributed by atoms with E-state index in [0.717, 1.165) is 36.5 Å². The highest BCUT2D eigenvalue weighted by atomic mass is 32.2. The largest absolute Gasteiger partial charge is 0.496 e. The molecule has 1 saturated heterocycles. The summed E-state index contributed by atoms with van der Waals surface area (Å²) in [5, 5.41) is 0. The van der Waals surface area contributed by atoms with Crippen LogP contribution >= 0.6 is 0 Å². The van der Waals surface area contributed by atoms with E-state index < -0.39 is 10.0 Å². The monoisotopic (exact) mass is 326 g/mol. The van der Waals surface area contributed by atoms with Crippen LogP contribution in [-0.4, -0.2) is 58.0 Å². The van der Waals surface area contributed by atoms with Crippen molar-refractivity contribution in [3.8, 4) is 5.75 Å². The number of methoxy groups -OCH3 is 1. The van der Waals surface area contributed by atoms with E-state index in [4.69, 9.17) is 4.74 Å². The second kappa shape index (κ2) is 6.98. The van der Waals surface area contributed by atoms with E-state index in [0.29, 0.717) is 11.4 Å². The molecule has 22 heavy (non-hydrogen) atoms. The first-order valence-electron chi connectivity index (χ1n) is 7.70. The molecule has 1 aliphatic rings. The Hall–Kier alpha value is -1.11. The average Bonchev–Trinajstić information content (AvgIpc) is 2.99. The summed E-state index contributed by atoms with van der Waals surface area (Å²) in [7, 11) is -0.205. The molecule has 0 bridgehead atoms. The Balaban J connectivity index is 2.16. The molecule has 1 aromatic rings. The van der Waals surface area contributed by atoms with Crippen LogP contribution in [0.2, 0.25) is 0 Å². The number of benzene rings is 1. The van der Waals surface area contributed by atoms with Crippen molar-refractivity contribution in [2.24, 2.45) is 0 Å². The van der Waals surface area contributed by atoms with Crippen LogP contribution in [0.4, 0.5) is 0 Å². The Bertz CT molecular complexity index is 623. The third kappa shape index (κ3) is 3.62. The van der Waals surface area contributed by atoms with Crippen molar-refractivity contribution < 1.29 is 13.2 Å². The number of aryl methyl sites for hydroxylation is 2. The zero-order valence-corrected chi connectivity index (χ0v) is 14.7. The van der Waals surface area contributed by atoms with Gasteiger partial charge in [-0.3, -0.25) is 0 Å². The van der Waals surface area contributed by atoms with E-state index in [1.54, 1.807) is 26.3 Å². The quantitative estimate of drug-likeness (QED) is 0.802. The van der Waals surface area contributed by atoms with Gasteiger partial charge in [-0.2, -0.15) is 4.31 Å². The van der Waals surface area contributed by atoms with Gasteiger partial charge >= 0.3 is 0 Å². The van der Waals surface area contributed by atoms with Crippen LogP contribution in [0, 0.1) is 13.8 Å². The Morgan fingerprint density at radius 3 is 2.41 bits per heavy atom. The molecule has 6 heteroatoms. The standard InChI is InChI=1S/C16H26N2O3S/c1-13-12-16(14(2)11-15(13)21-4)22(19,20)17(3)9-10-18-7-5-6-8-18/h11-12H,5-10H2,1-4H3. The topological polar surface area (TPSA) is 49.9 Å².